The Morgan fingerprint density at radius 2 is 1.86 bits per heavy atom. The number of nitrogens with one attached hydrogen (secondary N) is 1. The van der Waals surface area contributed by atoms with Crippen molar-refractivity contribution >= 4 is 21.5 Å². The number of aryl methyl sites for hydroxylation is 1. The fourth-order valence-electron chi connectivity index (χ4n) is 2.93. The predicted molar refractivity (Wildman–Crippen MR) is 114 cm³/mol. The molecular formula is C21H27N5O2S. The minimum Gasteiger partial charge on any atom is -0.312 e. The van der Waals surface area contributed by atoms with Gasteiger partial charge in [-0.2, -0.15) is 5.10 Å². The fraction of sp³-hybridized carbons (Fsp3) is 0.381. The van der Waals surface area contributed by atoms with Crippen LogP contribution in [0.4, 0.5) is 11.6 Å². The first-order valence-corrected chi connectivity index (χ1v) is 10.9. The van der Waals surface area contributed by atoms with Crippen molar-refractivity contribution in [3.8, 4) is 0 Å². The number of hydrogen-bond donors (Lipinski definition) is 1. The maximum Gasteiger partial charge on any atom is 0.183 e. The van der Waals surface area contributed by atoms with Crippen molar-refractivity contribution in [2.24, 2.45) is 0 Å². The number of benzene rings is 1. The number of H-pyrrole nitrogens is 1. The molecule has 0 spiro atoms. The molecule has 0 saturated carbocycles. The van der Waals surface area contributed by atoms with Gasteiger partial charge in [-0.1, -0.05) is 12.1 Å². The highest BCUT2D eigenvalue weighted by Crippen LogP contribution is 2.27. The molecule has 0 aliphatic rings. The number of rotatable bonds is 5. The lowest BCUT2D eigenvalue weighted by Gasteiger charge is -2.19. The van der Waals surface area contributed by atoms with Crippen LogP contribution < -0.4 is 4.90 Å². The maximum absolute atomic E-state index is 12.7. The first-order valence-electron chi connectivity index (χ1n) is 9.41. The second-order valence-electron chi connectivity index (χ2n) is 8.13. The van der Waals surface area contributed by atoms with E-state index in [1.54, 1.807) is 45.2 Å². The van der Waals surface area contributed by atoms with Crippen molar-refractivity contribution in [2.45, 2.75) is 50.7 Å². The van der Waals surface area contributed by atoms with Gasteiger partial charge in [-0.05, 0) is 58.4 Å². The summed E-state index contributed by atoms with van der Waals surface area (Å²) in [5.74, 6) is 2.15. The highest BCUT2D eigenvalue weighted by molar-refractivity contribution is 7.92. The lowest BCUT2D eigenvalue weighted by Crippen LogP contribution is -2.27. The summed E-state index contributed by atoms with van der Waals surface area (Å²) in [4.78, 5) is 11.2. The summed E-state index contributed by atoms with van der Waals surface area (Å²) in [5, 5.41) is 7.32. The molecule has 2 heterocycles. The molecule has 29 heavy (non-hydrogen) atoms. The standard InChI is InChI=1S/C21H27N5O2S/c1-14-15(2)24-25-20(14)26(6)19-10-11-22-18(23-19)13-16-8-7-9-17(12-16)29(27,28)21(3,4)5/h7-12H,13H2,1-6H3,(H,24,25). The lowest BCUT2D eigenvalue weighted by atomic mass is 10.1. The molecular weight excluding hydrogens is 386 g/mol. The Morgan fingerprint density at radius 1 is 1.14 bits per heavy atom. The average Bonchev–Trinajstić information content (AvgIpc) is 2.99. The summed E-state index contributed by atoms with van der Waals surface area (Å²) in [6.07, 6.45) is 2.15. The van der Waals surface area contributed by atoms with Gasteiger partial charge in [-0.3, -0.25) is 5.10 Å². The highest BCUT2D eigenvalue weighted by Gasteiger charge is 2.30. The Bertz CT molecular complexity index is 1130. The van der Waals surface area contributed by atoms with Crippen LogP contribution in [-0.2, 0) is 16.3 Å². The minimum absolute atomic E-state index is 0.318. The molecule has 1 N–H and O–H groups in total. The quantitative estimate of drug-likeness (QED) is 0.685. The van der Waals surface area contributed by atoms with Gasteiger partial charge in [0.2, 0.25) is 0 Å². The molecule has 0 unspecified atom stereocenters. The summed E-state index contributed by atoms with van der Waals surface area (Å²) in [7, 11) is -1.50. The third kappa shape index (κ3) is 4.17. The molecule has 3 rings (SSSR count). The van der Waals surface area contributed by atoms with Crippen LogP contribution in [-0.4, -0.2) is 40.4 Å². The van der Waals surface area contributed by atoms with Crippen LogP contribution in [0.3, 0.4) is 0 Å². The smallest absolute Gasteiger partial charge is 0.183 e. The SMILES string of the molecule is Cc1[nH]nc(N(C)c2ccnc(Cc3cccc(S(=O)(=O)C(C)(C)C)c3)n2)c1C. The molecule has 0 amide bonds. The molecule has 8 heteroatoms. The van der Waals surface area contributed by atoms with Gasteiger partial charge >= 0.3 is 0 Å². The van der Waals surface area contributed by atoms with Gasteiger partial charge in [0.15, 0.2) is 15.7 Å². The number of aromatic amines is 1. The van der Waals surface area contributed by atoms with E-state index in [1.165, 1.54) is 0 Å². The number of sulfone groups is 1. The molecule has 7 nitrogen and oxygen atoms in total. The van der Waals surface area contributed by atoms with Crippen LogP contribution in [0.2, 0.25) is 0 Å². The predicted octanol–water partition coefficient (Wildman–Crippen LogP) is 3.75. The summed E-state index contributed by atoms with van der Waals surface area (Å²) < 4.78 is 24.6. The van der Waals surface area contributed by atoms with Gasteiger partial charge in [0.05, 0.1) is 9.64 Å². The zero-order valence-corrected chi connectivity index (χ0v) is 18.5. The molecule has 3 aromatic rings. The van der Waals surface area contributed by atoms with Crippen molar-refractivity contribution in [3.63, 3.8) is 0 Å². The summed E-state index contributed by atoms with van der Waals surface area (Å²) in [6.45, 7) is 9.10. The third-order valence-corrected chi connectivity index (χ3v) is 7.44. The van der Waals surface area contributed by atoms with E-state index in [0.29, 0.717) is 17.1 Å². The van der Waals surface area contributed by atoms with Crippen molar-refractivity contribution in [3.05, 3.63) is 59.2 Å². The highest BCUT2D eigenvalue weighted by atomic mass is 32.2. The van der Waals surface area contributed by atoms with Crippen molar-refractivity contribution in [2.75, 3.05) is 11.9 Å². The van der Waals surface area contributed by atoms with Crippen LogP contribution >= 0.6 is 0 Å². The van der Waals surface area contributed by atoms with Crippen LogP contribution in [0.5, 0.6) is 0 Å². The van der Waals surface area contributed by atoms with Crippen LogP contribution in [0.15, 0.2) is 41.4 Å². The zero-order chi connectivity index (χ0) is 21.4. The Morgan fingerprint density at radius 3 is 2.48 bits per heavy atom. The maximum atomic E-state index is 12.7. The molecule has 0 atom stereocenters. The average molecular weight is 414 g/mol. The fourth-order valence-corrected chi connectivity index (χ4v) is 4.20. The van der Waals surface area contributed by atoms with E-state index in [2.05, 4.69) is 20.2 Å². The molecule has 0 fully saturated rings. The molecule has 0 bridgehead atoms. The Hall–Kier alpha value is -2.74. The lowest BCUT2D eigenvalue weighted by molar-refractivity contribution is 0.560. The van der Waals surface area contributed by atoms with E-state index in [-0.39, 0.29) is 0 Å². The summed E-state index contributed by atoms with van der Waals surface area (Å²) >= 11 is 0. The number of hydrogen-bond acceptors (Lipinski definition) is 6. The number of aromatic nitrogens is 4. The number of anilines is 2. The molecule has 0 radical (unpaired) electrons. The monoisotopic (exact) mass is 413 g/mol. The molecule has 0 aliphatic carbocycles. The number of nitrogens with zero attached hydrogens (tertiary/aromatic N) is 4. The van der Waals surface area contributed by atoms with E-state index < -0.39 is 14.6 Å². The normalized spacial score (nSPS) is 12.2. The molecule has 0 saturated heterocycles. The largest absolute Gasteiger partial charge is 0.312 e. The molecule has 2 aromatic heterocycles. The third-order valence-electron chi connectivity index (χ3n) is 4.96. The van der Waals surface area contributed by atoms with E-state index >= 15 is 0 Å². The van der Waals surface area contributed by atoms with Crippen molar-refractivity contribution in [1.82, 2.24) is 20.2 Å². The Labute approximate surface area is 172 Å². The Balaban J connectivity index is 1.88. The van der Waals surface area contributed by atoms with Gasteiger partial charge in [-0.15, -0.1) is 0 Å². The summed E-state index contributed by atoms with van der Waals surface area (Å²) in [5.41, 5.74) is 2.92. The zero-order valence-electron chi connectivity index (χ0n) is 17.7. The van der Waals surface area contributed by atoms with Gasteiger partial charge < -0.3 is 4.90 Å². The molecule has 0 aliphatic heterocycles. The van der Waals surface area contributed by atoms with Gasteiger partial charge in [0.25, 0.3) is 0 Å². The molecule has 1 aromatic carbocycles. The van der Waals surface area contributed by atoms with E-state index in [4.69, 9.17) is 0 Å². The minimum atomic E-state index is -3.41. The van der Waals surface area contributed by atoms with E-state index in [0.717, 1.165) is 28.5 Å². The topological polar surface area (TPSA) is 91.8 Å². The van der Waals surface area contributed by atoms with Crippen LogP contribution in [0, 0.1) is 13.8 Å². The second-order valence-corrected chi connectivity index (χ2v) is 10.8. The van der Waals surface area contributed by atoms with Crippen molar-refractivity contribution < 1.29 is 8.42 Å². The van der Waals surface area contributed by atoms with Crippen LogP contribution in [0.25, 0.3) is 0 Å². The van der Waals surface area contributed by atoms with Gasteiger partial charge in [0.1, 0.15) is 11.6 Å². The van der Waals surface area contributed by atoms with Crippen LogP contribution in [0.1, 0.15) is 43.4 Å². The van der Waals surface area contributed by atoms with Gasteiger partial charge in [-0.25, -0.2) is 18.4 Å². The van der Waals surface area contributed by atoms with Crippen molar-refractivity contribution in [1.29, 1.82) is 0 Å². The first kappa shape index (κ1) is 21.0. The summed E-state index contributed by atoms with van der Waals surface area (Å²) in [6, 6.07) is 8.83. The first-order chi connectivity index (χ1) is 13.5. The Kier molecular flexibility index (Phi) is 5.49. The van der Waals surface area contributed by atoms with E-state index in [1.807, 2.05) is 37.9 Å². The van der Waals surface area contributed by atoms with Gasteiger partial charge in [0, 0.05) is 30.9 Å². The van der Waals surface area contributed by atoms with E-state index in [9.17, 15) is 8.42 Å². The second kappa shape index (κ2) is 7.59. The molecule has 154 valence electrons.